The number of nitrogens with zero attached hydrogens (tertiary/aromatic N) is 1. The van der Waals surface area contributed by atoms with Crippen LogP contribution in [0.15, 0.2) is 47.4 Å². The van der Waals surface area contributed by atoms with E-state index in [4.69, 9.17) is 0 Å². The Labute approximate surface area is 169 Å². The first-order valence-electron chi connectivity index (χ1n) is 8.57. The predicted molar refractivity (Wildman–Crippen MR) is 108 cm³/mol. The first-order chi connectivity index (χ1) is 13.5. The quantitative estimate of drug-likeness (QED) is 0.646. The van der Waals surface area contributed by atoms with Crippen molar-refractivity contribution in [3.8, 4) is 0 Å². The summed E-state index contributed by atoms with van der Waals surface area (Å²) >= 11 is 0. The van der Waals surface area contributed by atoms with Crippen molar-refractivity contribution in [3.63, 3.8) is 0 Å². The van der Waals surface area contributed by atoms with Gasteiger partial charge >= 0.3 is 0 Å². The highest BCUT2D eigenvalue weighted by molar-refractivity contribution is 7.92. The standard InChI is InChI=1S/C18H22FN3O5S2/c1-4-28(24,25)21-17-10-9-15(11-16(17)19)29(26,27)22(3)12-13-5-7-14(8-6-13)18(23)20-2/h5-11,21H,4,12H2,1-3H3,(H,20,23). The first kappa shape index (κ1) is 22.8. The molecule has 0 fully saturated rings. The zero-order valence-electron chi connectivity index (χ0n) is 16.1. The molecule has 0 aliphatic rings. The second-order valence-corrected chi connectivity index (χ2v) is 10.2. The van der Waals surface area contributed by atoms with Gasteiger partial charge in [-0.15, -0.1) is 0 Å². The van der Waals surface area contributed by atoms with Crippen LogP contribution in [0.2, 0.25) is 0 Å². The monoisotopic (exact) mass is 443 g/mol. The number of hydrogen-bond donors (Lipinski definition) is 2. The maximum absolute atomic E-state index is 14.2. The first-order valence-corrected chi connectivity index (χ1v) is 11.7. The Kier molecular flexibility index (Phi) is 6.98. The van der Waals surface area contributed by atoms with Crippen LogP contribution in [0.5, 0.6) is 0 Å². The van der Waals surface area contributed by atoms with Crippen LogP contribution in [0.3, 0.4) is 0 Å². The molecule has 8 nitrogen and oxygen atoms in total. The van der Waals surface area contributed by atoms with E-state index in [0.717, 1.165) is 22.5 Å². The summed E-state index contributed by atoms with van der Waals surface area (Å²) in [5.41, 5.74) is 0.753. The fourth-order valence-electron chi connectivity index (χ4n) is 2.41. The lowest BCUT2D eigenvalue weighted by Crippen LogP contribution is -2.27. The van der Waals surface area contributed by atoms with Gasteiger partial charge in [0.1, 0.15) is 5.82 Å². The van der Waals surface area contributed by atoms with Crippen molar-refractivity contribution in [2.75, 3.05) is 24.6 Å². The van der Waals surface area contributed by atoms with Crippen molar-refractivity contribution in [1.82, 2.24) is 9.62 Å². The lowest BCUT2D eigenvalue weighted by molar-refractivity contribution is 0.0963. The van der Waals surface area contributed by atoms with E-state index in [9.17, 15) is 26.0 Å². The van der Waals surface area contributed by atoms with Crippen LogP contribution < -0.4 is 10.0 Å². The van der Waals surface area contributed by atoms with E-state index in [1.54, 1.807) is 24.3 Å². The SMILES string of the molecule is CCS(=O)(=O)Nc1ccc(S(=O)(=O)N(C)Cc2ccc(C(=O)NC)cc2)cc1F. The number of hydrogen-bond acceptors (Lipinski definition) is 5. The van der Waals surface area contributed by atoms with Crippen LogP contribution in [-0.4, -0.2) is 46.9 Å². The van der Waals surface area contributed by atoms with Gasteiger partial charge in [-0.25, -0.2) is 21.2 Å². The van der Waals surface area contributed by atoms with E-state index in [1.165, 1.54) is 21.0 Å². The van der Waals surface area contributed by atoms with Gasteiger partial charge in [0.2, 0.25) is 20.0 Å². The maximum atomic E-state index is 14.2. The number of rotatable bonds is 8. The minimum absolute atomic E-state index is 0.00217. The molecule has 2 aromatic carbocycles. The average molecular weight is 444 g/mol. The number of carbonyl (C=O) groups is 1. The highest BCUT2D eigenvalue weighted by atomic mass is 32.2. The molecule has 11 heteroatoms. The number of benzene rings is 2. The lowest BCUT2D eigenvalue weighted by Gasteiger charge is -2.18. The van der Waals surface area contributed by atoms with Crippen LogP contribution >= 0.6 is 0 Å². The van der Waals surface area contributed by atoms with Crippen LogP contribution in [0.1, 0.15) is 22.8 Å². The van der Waals surface area contributed by atoms with Crippen molar-refractivity contribution in [3.05, 3.63) is 59.4 Å². The number of sulfonamides is 2. The van der Waals surface area contributed by atoms with E-state index in [1.807, 2.05) is 0 Å². The van der Waals surface area contributed by atoms with Crippen molar-refractivity contribution >= 4 is 31.6 Å². The molecule has 0 saturated carbocycles. The van der Waals surface area contributed by atoms with Gasteiger partial charge in [0.25, 0.3) is 5.91 Å². The predicted octanol–water partition coefficient (Wildman–Crippen LogP) is 1.77. The van der Waals surface area contributed by atoms with E-state index in [-0.39, 0.29) is 28.8 Å². The number of nitrogens with one attached hydrogen (secondary N) is 2. The van der Waals surface area contributed by atoms with Gasteiger partial charge < -0.3 is 5.32 Å². The van der Waals surface area contributed by atoms with Gasteiger partial charge in [0.15, 0.2) is 0 Å². The van der Waals surface area contributed by atoms with Crippen LogP contribution in [-0.2, 0) is 26.6 Å². The number of amides is 1. The van der Waals surface area contributed by atoms with Crippen molar-refractivity contribution in [1.29, 1.82) is 0 Å². The Hall–Kier alpha value is -2.50. The fourth-order valence-corrected chi connectivity index (χ4v) is 4.22. The zero-order chi connectivity index (χ0) is 21.8. The third-order valence-corrected chi connectivity index (χ3v) is 7.23. The van der Waals surface area contributed by atoms with Gasteiger partial charge in [-0.1, -0.05) is 12.1 Å². The van der Waals surface area contributed by atoms with Gasteiger partial charge in [-0.3, -0.25) is 9.52 Å². The molecule has 1 amide bonds. The molecule has 2 N–H and O–H groups in total. The molecule has 0 saturated heterocycles. The number of anilines is 1. The minimum atomic E-state index is -4.02. The molecule has 0 aliphatic carbocycles. The Bertz CT molecular complexity index is 1100. The Morgan fingerprint density at radius 1 is 1.07 bits per heavy atom. The lowest BCUT2D eigenvalue weighted by atomic mass is 10.1. The van der Waals surface area contributed by atoms with Gasteiger partial charge in [0, 0.05) is 26.2 Å². The second kappa shape index (κ2) is 8.89. The van der Waals surface area contributed by atoms with Gasteiger partial charge in [-0.05, 0) is 42.8 Å². The number of halogens is 1. The maximum Gasteiger partial charge on any atom is 0.251 e. The summed E-state index contributed by atoms with van der Waals surface area (Å²) in [7, 11) is -4.86. The topological polar surface area (TPSA) is 113 Å². The fraction of sp³-hybridized carbons (Fsp3) is 0.278. The molecule has 0 aliphatic heterocycles. The van der Waals surface area contributed by atoms with Crippen molar-refractivity contribution in [2.45, 2.75) is 18.4 Å². The molecule has 158 valence electrons. The molecule has 0 heterocycles. The minimum Gasteiger partial charge on any atom is -0.355 e. The summed E-state index contributed by atoms with van der Waals surface area (Å²) in [5.74, 6) is -1.49. The molecule has 2 aromatic rings. The molecule has 0 unspecified atom stereocenters. The third kappa shape index (κ3) is 5.52. The molecule has 0 radical (unpaired) electrons. The Morgan fingerprint density at radius 2 is 1.69 bits per heavy atom. The molecule has 29 heavy (non-hydrogen) atoms. The molecule has 0 aromatic heterocycles. The number of carbonyl (C=O) groups excluding carboxylic acids is 1. The van der Waals surface area contributed by atoms with Crippen molar-refractivity contribution in [2.24, 2.45) is 0 Å². The second-order valence-electron chi connectivity index (χ2n) is 6.18. The summed E-state index contributed by atoms with van der Waals surface area (Å²) in [6.45, 7) is 1.40. The molecule has 0 bridgehead atoms. The van der Waals surface area contributed by atoms with E-state index >= 15 is 0 Å². The largest absolute Gasteiger partial charge is 0.355 e. The summed E-state index contributed by atoms with van der Waals surface area (Å²) in [5, 5.41) is 2.49. The molecular weight excluding hydrogens is 421 g/mol. The van der Waals surface area contributed by atoms with Crippen LogP contribution in [0.25, 0.3) is 0 Å². The summed E-state index contributed by atoms with van der Waals surface area (Å²) in [6.07, 6.45) is 0. The molecule has 0 spiro atoms. The smallest absolute Gasteiger partial charge is 0.251 e. The van der Waals surface area contributed by atoms with Crippen molar-refractivity contribution < 1.29 is 26.0 Å². The van der Waals surface area contributed by atoms with Crippen LogP contribution in [0, 0.1) is 5.82 Å². The van der Waals surface area contributed by atoms with E-state index in [2.05, 4.69) is 10.0 Å². The van der Waals surface area contributed by atoms with Gasteiger partial charge in [0.05, 0.1) is 16.3 Å². The van der Waals surface area contributed by atoms with Crippen LogP contribution in [0.4, 0.5) is 10.1 Å². The normalized spacial score (nSPS) is 12.0. The molecule has 2 rings (SSSR count). The molecular formula is C18H22FN3O5S2. The Morgan fingerprint density at radius 3 is 2.21 bits per heavy atom. The van der Waals surface area contributed by atoms with E-state index in [0.29, 0.717) is 11.1 Å². The van der Waals surface area contributed by atoms with E-state index < -0.39 is 25.9 Å². The summed E-state index contributed by atoms with van der Waals surface area (Å²) in [6, 6.07) is 9.37. The van der Waals surface area contributed by atoms with Gasteiger partial charge in [-0.2, -0.15) is 4.31 Å². The summed E-state index contributed by atoms with van der Waals surface area (Å²) in [4.78, 5) is 11.3. The summed E-state index contributed by atoms with van der Waals surface area (Å²) < 4.78 is 65.9. The average Bonchev–Trinajstić information content (AvgIpc) is 2.69. The highest BCUT2D eigenvalue weighted by Gasteiger charge is 2.23. The Balaban J connectivity index is 2.21. The third-order valence-electron chi connectivity index (χ3n) is 4.14. The zero-order valence-corrected chi connectivity index (χ0v) is 17.8. The highest BCUT2D eigenvalue weighted by Crippen LogP contribution is 2.23. The molecule has 0 atom stereocenters.